The average molecular weight is 446 g/mol. The number of benzene rings is 3. The van der Waals surface area contributed by atoms with Crippen molar-refractivity contribution in [3.05, 3.63) is 123 Å². The van der Waals surface area contributed by atoms with Crippen molar-refractivity contribution in [2.45, 2.75) is 12.6 Å². The van der Waals surface area contributed by atoms with Crippen molar-refractivity contribution >= 4 is 28.9 Å². The van der Waals surface area contributed by atoms with Gasteiger partial charge in [-0.15, -0.1) is 0 Å². The molecule has 0 amide bonds. The first-order valence-electron chi connectivity index (χ1n) is 9.96. The third-order valence-corrected chi connectivity index (χ3v) is 5.18. The average Bonchev–Trinajstić information content (AvgIpc) is 2.83. The highest BCUT2D eigenvalue weighted by Crippen LogP contribution is 2.34. The summed E-state index contributed by atoms with van der Waals surface area (Å²) >= 11 is 5.93. The minimum atomic E-state index is -0.473. The second-order valence-electron chi connectivity index (χ2n) is 7.06. The summed E-state index contributed by atoms with van der Waals surface area (Å²) < 4.78 is 0. The van der Waals surface area contributed by atoms with Crippen LogP contribution < -0.4 is 10.6 Å². The Kier molecular flexibility index (Phi) is 6.57. The zero-order valence-electron chi connectivity index (χ0n) is 17.0. The predicted molar refractivity (Wildman–Crippen MR) is 126 cm³/mol. The zero-order chi connectivity index (χ0) is 22.3. The number of nitro groups is 1. The third kappa shape index (κ3) is 5.01. The van der Waals surface area contributed by atoms with Crippen LogP contribution in [0.25, 0.3) is 0 Å². The molecule has 0 radical (unpaired) electrons. The van der Waals surface area contributed by atoms with Crippen LogP contribution in [0.3, 0.4) is 0 Å². The normalized spacial score (nSPS) is 10.7. The SMILES string of the molecule is O=[N+]([O-])c1c(NCc2ccc(Cl)cc2)ncnc1NC(c1ccccc1)c1ccccc1. The maximum atomic E-state index is 12.0. The lowest BCUT2D eigenvalue weighted by atomic mass is 9.99. The predicted octanol–water partition coefficient (Wildman–Crippen LogP) is 5.85. The van der Waals surface area contributed by atoms with Gasteiger partial charge in [0.2, 0.25) is 11.6 Å². The highest BCUT2D eigenvalue weighted by atomic mass is 35.5. The van der Waals surface area contributed by atoms with Crippen LogP contribution >= 0.6 is 11.6 Å². The van der Waals surface area contributed by atoms with Gasteiger partial charge in [-0.25, -0.2) is 9.97 Å². The summed E-state index contributed by atoms with van der Waals surface area (Å²) in [7, 11) is 0. The van der Waals surface area contributed by atoms with Crippen LogP contribution in [0.1, 0.15) is 22.7 Å². The molecular formula is C24H20ClN5O2. The lowest BCUT2D eigenvalue weighted by Crippen LogP contribution is -2.16. The van der Waals surface area contributed by atoms with E-state index in [1.54, 1.807) is 12.1 Å². The molecule has 1 aromatic heterocycles. The molecular weight excluding hydrogens is 426 g/mol. The molecule has 32 heavy (non-hydrogen) atoms. The van der Waals surface area contributed by atoms with Gasteiger partial charge < -0.3 is 10.6 Å². The van der Waals surface area contributed by atoms with Crippen LogP contribution in [-0.4, -0.2) is 14.9 Å². The molecule has 0 unspecified atom stereocenters. The molecule has 3 aromatic carbocycles. The van der Waals surface area contributed by atoms with Crippen LogP contribution in [0, 0.1) is 10.1 Å². The Bertz CT molecular complexity index is 1150. The van der Waals surface area contributed by atoms with Gasteiger partial charge in [-0.2, -0.15) is 0 Å². The fraction of sp³-hybridized carbons (Fsp3) is 0.0833. The minimum absolute atomic E-state index is 0.140. The summed E-state index contributed by atoms with van der Waals surface area (Å²) in [5, 5.41) is 18.9. The topological polar surface area (TPSA) is 93.0 Å². The van der Waals surface area contributed by atoms with Gasteiger partial charge in [0, 0.05) is 11.6 Å². The van der Waals surface area contributed by atoms with Gasteiger partial charge in [0.1, 0.15) is 6.33 Å². The van der Waals surface area contributed by atoms with E-state index in [0.29, 0.717) is 11.6 Å². The molecule has 8 heteroatoms. The fourth-order valence-corrected chi connectivity index (χ4v) is 3.49. The van der Waals surface area contributed by atoms with Gasteiger partial charge in [-0.1, -0.05) is 84.4 Å². The van der Waals surface area contributed by atoms with Crippen LogP contribution in [0.5, 0.6) is 0 Å². The van der Waals surface area contributed by atoms with E-state index >= 15 is 0 Å². The van der Waals surface area contributed by atoms with Crippen molar-refractivity contribution in [2.75, 3.05) is 10.6 Å². The number of rotatable bonds is 8. The summed E-state index contributed by atoms with van der Waals surface area (Å²) in [4.78, 5) is 19.8. The summed E-state index contributed by atoms with van der Waals surface area (Å²) in [5.41, 5.74) is 2.63. The number of nitrogens with one attached hydrogen (secondary N) is 2. The second-order valence-corrected chi connectivity index (χ2v) is 7.49. The molecule has 160 valence electrons. The van der Waals surface area contributed by atoms with E-state index in [1.165, 1.54) is 6.33 Å². The molecule has 0 saturated heterocycles. The van der Waals surface area contributed by atoms with E-state index in [2.05, 4.69) is 20.6 Å². The maximum absolute atomic E-state index is 12.0. The number of aromatic nitrogens is 2. The first-order chi connectivity index (χ1) is 15.6. The Morgan fingerprint density at radius 1 is 0.844 bits per heavy atom. The van der Waals surface area contributed by atoms with Gasteiger partial charge in [0.25, 0.3) is 0 Å². The summed E-state index contributed by atoms with van der Waals surface area (Å²) in [6.45, 7) is 0.356. The molecule has 0 spiro atoms. The maximum Gasteiger partial charge on any atom is 0.353 e. The molecule has 0 aliphatic carbocycles. The highest BCUT2D eigenvalue weighted by molar-refractivity contribution is 6.30. The molecule has 2 N–H and O–H groups in total. The van der Waals surface area contributed by atoms with Crippen molar-refractivity contribution in [3.63, 3.8) is 0 Å². The van der Waals surface area contributed by atoms with Crippen LogP contribution in [0.2, 0.25) is 5.02 Å². The summed E-state index contributed by atoms with van der Waals surface area (Å²) in [6.07, 6.45) is 1.31. The number of hydrogen-bond acceptors (Lipinski definition) is 6. The van der Waals surface area contributed by atoms with Gasteiger partial charge in [0.05, 0.1) is 11.0 Å². The molecule has 0 aliphatic rings. The third-order valence-electron chi connectivity index (χ3n) is 4.92. The molecule has 0 atom stereocenters. The number of nitrogens with zero attached hydrogens (tertiary/aromatic N) is 3. The quantitative estimate of drug-likeness (QED) is 0.261. The van der Waals surface area contributed by atoms with Gasteiger partial charge in [0.15, 0.2) is 0 Å². The smallest absolute Gasteiger partial charge is 0.353 e. The summed E-state index contributed by atoms with van der Waals surface area (Å²) in [6, 6.07) is 26.4. The molecule has 0 fully saturated rings. The van der Waals surface area contributed by atoms with Crippen molar-refractivity contribution < 1.29 is 4.92 Å². The molecule has 0 saturated carbocycles. The highest BCUT2D eigenvalue weighted by Gasteiger charge is 2.26. The van der Waals surface area contributed by atoms with Gasteiger partial charge >= 0.3 is 5.69 Å². The standard InChI is InChI=1S/C24H20ClN5O2/c25-20-13-11-17(12-14-20)15-26-23-22(30(31)32)24(28-16-27-23)29-21(18-7-3-1-4-8-18)19-9-5-2-6-10-19/h1-14,16,21H,15H2,(H2,26,27,28,29). The Morgan fingerprint density at radius 2 is 1.41 bits per heavy atom. The van der Waals surface area contributed by atoms with E-state index in [0.717, 1.165) is 16.7 Å². The van der Waals surface area contributed by atoms with Crippen LogP contribution in [-0.2, 0) is 6.54 Å². The Hall–Kier alpha value is -3.97. The van der Waals surface area contributed by atoms with Crippen molar-refractivity contribution in [3.8, 4) is 0 Å². The molecule has 4 rings (SSSR count). The Labute approximate surface area is 190 Å². The van der Waals surface area contributed by atoms with E-state index in [1.807, 2.05) is 72.8 Å². The zero-order valence-corrected chi connectivity index (χ0v) is 17.7. The Morgan fingerprint density at radius 3 is 1.97 bits per heavy atom. The lowest BCUT2D eigenvalue weighted by Gasteiger charge is -2.20. The molecule has 7 nitrogen and oxygen atoms in total. The van der Waals surface area contributed by atoms with E-state index in [9.17, 15) is 10.1 Å². The lowest BCUT2D eigenvalue weighted by molar-refractivity contribution is -0.383. The van der Waals surface area contributed by atoms with E-state index in [-0.39, 0.29) is 23.4 Å². The minimum Gasteiger partial charge on any atom is -0.360 e. The molecule has 0 aliphatic heterocycles. The van der Waals surface area contributed by atoms with E-state index < -0.39 is 4.92 Å². The van der Waals surface area contributed by atoms with Crippen molar-refractivity contribution in [2.24, 2.45) is 0 Å². The first-order valence-corrected chi connectivity index (χ1v) is 10.3. The van der Waals surface area contributed by atoms with Crippen molar-refractivity contribution in [1.29, 1.82) is 0 Å². The monoisotopic (exact) mass is 445 g/mol. The Balaban J connectivity index is 1.66. The fourth-order valence-electron chi connectivity index (χ4n) is 3.36. The molecule has 0 bridgehead atoms. The molecule has 1 heterocycles. The van der Waals surface area contributed by atoms with Crippen molar-refractivity contribution in [1.82, 2.24) is 9.97 Å². The van der Waals surface area contributed by atoms with Crippen LogP contribution in [0.4, 0.5) is 17.3 Å². The van der Waals surface area contributed by atoms with Gasteiger partial charge in [-0.05, 0) is 28.8 Å². The molecule has 4 aromatic rings. The number of anilines is 2. The summed E-state index contributed by atoms with van der Waals surface area (Å²) in [5.74, 6) is 0.281. The number of halogens is 1. The van der Waals surface area contributed by atoms with E-state index in [4.69, 9.17) is 11.6 Å². The second kappa shape index (κ2) is 9.89. The largest absolute Gasteiger partial charge is 0.360 e. The van der Waals surface area contributed by atoms with Gasteiger partial charge in [-0.3, -0.25) is 10.1 Å². The van der Waals surface area contributed by atoms with Crippen LogP contribution in [0.15, 0.2) is 91.3 Å². The first kappa shape index (κ1) is 21.3. The number of hydrogen-bond donors (Lipinski definition) is 2.